The van der Waals surface area contributed by atoms with Crippen LogP contribution in [0.4, 0.5) is 5.69 Å². The van der Waals surface area contributed by atoms with E-state index < -0.39 is 0 Å². The standard InChI is InChI=1S/C24H27N3O2/c1-15-3-5-16(6-4-15)17-9-19(10-17)29-18-7-8-21-20(11-18)22(12-26-21)27-23(28)24(2)13-25-14-24/h3-8,11-12,17,19,25-26H,9-10,13-14H2,1-2H3,(H,27,28)/t17-,19-. The summed E-state index contributed by atoms with van der Waals surface area (Å²) in [4.78, 5) is 15.8. The average molecular weight is 389 g/mol. The monoisotopic (exact) mass is 389 g/mol. The van der Waals surface area contributed by atoms with Crippen molar-refractivity contribution in [3.63, 3.8) is 0 Å². The fourth-order valence-electron chi connectivity index (χ4n) is 4.18. The third-order valence-electron chi connectivity index (χ3n) is 6.43. The van der Waals surface area contributed by atoms with Crippen LogP contribution in [0.2, 0.25) is 0 Å². The summed E-state index contributed by atoms with van der Waals surface area (Å²) in [5, 5.41) is 7.24. The highest BCUT2D eigenvalue weighted by Gasteiger charge is 2.39. The highest BCUT2D eigenvalue weighted by Crippen LogP contribution is 2.40. The summed E-state index contributed by atoms with van der Waals surface area (Å²) in [5.41, 5.74) is 4.19. The van der Waals surface area contributed by atoms with E-state index in [1.54, 1.807) is 0 Å². The number of hydrogen-bond acceptors (Lipinski definition) is 3. The number of fused-ring (bicyclic) bond motifs is 1. The topological polar surface area (TPSA) is 66.1 Å². The zero-order valence-corrected chi connectivity index (χ0v) is 16.9. The first kappa shape index (κ1) is 18.3. The molecule has 1 saturated heterocycles. The summed E-state index contributed by atoms with van der Waals surface area (Å²) in [6.45, 7) is 5.55. The zero-order valence-electron chi connectivity index (χ0n) is 16.9. The second-order valence-electron chi connectivity index (χ2n) is 8.85. The lowest BCUT2D eigenvalue weighted by atomic mass is 9.77. The Hall–Kier alpha value is -2.79. The Morgan fingerprint density at radius 2 is 1.90 bits per heavy atom. The molecule has 2 aliphatic rings. The lowest BCUT2D eigenvalue weighted by Crippen LogP contribution is -2.57. The first-order chi connectivity index (χ1) is 14.0. The summed E-state index contributed by atoms with van der Waals surface area (Å²) in [5.74, 6) is 1.50. The maximum absolute atomic E-state index is 12.6. The normalized spacial score (nSPS) is 22.6. The van der Waals surface area contributed by atoms with E-state index in [0.29, 0.717) is 5.92 Å². The summed E-state index contributed by atoms with van der Waals surface area (Å²) in [6, 6.07) is 14.9. The minimum Gasteiger partial charge on any atom is -0.490 e. The van der Waals surface area contributed by atoms with Gasteiger partial charge in [0.15, 0.2) is 0 Å². The Kier molecular flexibility index (Phi) is 4.36. The van der Waals surface area contributed by atoms with Crippen molar-refractivity contribution in [1.29, 1.82) is 0 Å². The van der Waals surface area contributed by atoms with Gasteiger partial charge in [0.05, 0.1) is 17.2 Å². The van der Waals surface area contributed by atoms with Gasteiger partial charge in [-0.3, -0.25) is 4.79 Å². The third-order valence-corrected chi connectivity index (χ3v) is 6.43. The number of amides is 1. The second kappa shape index (κ2) is 6.92. The molecule has 3 aromatic rings. The van der Waals surface area contributed by atoms with Crippen molar-refractivity contribution in [3.8, 4) is 5.75 Å². The third kappa shape index (κ3) is 3.40. The van der Waals surface area contributed by atoms with E-state index in [1.807, 2.05) is 31.3 Å². The van der Waals surface area contributed by atoms with E-state index in [4.69, 9.17) is 4.74 Å². The first-order valence-corrected chi connectivity index (χ1v) is 10.4. The minimum absolute atomic E-state index is 0.0587. The van der Waals surface area contributed by atoms with E-state index in [0.717, 1.165) is 48.3 Å². The van der Waals surface area contributed by atoms with Gasteiger partial charge in [-0.2, -0.15) is 0 Å². The van der Waals surface area contributed by atoms with Crippen LogP contribution in [0.3, 0.4) is 0 Å². The number of carbonyl (C=O) groups excluding carboxylic acids is 1. The molecule has 1 aliphatic heterocycles. The number of benzene rings is 2. The van der Waals surface area contributed by atoms with Crippen molar-refractivity contribution in [2.24, 2.45) is 5.41 Å². The Balaban J connectivity index is 1.25. The number of rotatable bonds is 5. The number of H-pyrrole nitrogens is 1. The van der Waals surface area contributed by atoms with Crippen LogP contribution in [0, 0.1) is 12.3 Å². The predicted molar refractivity (Wildman–Crippen MR) is 115 cm³/mol. The molecule has 0 unspecified atom stereocenters. The quantitative estimate of drug-likeness (QED) is 0.608. The van der Waals surface area contributed by atoms with Gasteiger partial charge in [-0.05, 0) is 56.4 Å². The van der Waals surface area contributed by atoms with Crippen LogP contribution in [-0.4, -0.2) is 30.1 Å². The second-order valence-corrected chi connectivity index (χ2v) is 8.85. The molecule has 29 heavy (non-hydrogen) atoms. The van der Waals surface area contributed by atoms with E-state index >= 15 is 0 Å². The molecule has 1 aliphatic carbocycles. The highest BCUT2D eigenvalue weighted by atomic mass is 16.5. The molecular weight excluding hydrogens is 362 g/mol. The Bertz CT molecular complexity index is 1040. The molecular formula is C24H27N3O2. The van der Waals surface area contributed by atoms with Crippen molar-refractivity contribution in [2.45, 2.75) is 38.7 Å². The Morgan fingerprint density at radius 3 is 2.59 bits per heavy atom. The van der Waals surface area contributed by atoms with Crippen molar-refractivity contribution < 1.29 is 9.53 Å². The van der Waals surface area contributed by atoms with Gasteiger partial charge in [0.2, 0.25) is 5.91 Å². The molecule has 150 valence electrons. The van der Waals surface area contributed by atoms with Crippen LogP contribution >= 0.6 is 0 Å². The van der Waals surface area contributed by atoms with Gasteiger partial charge in [0, 0.05) is 30.2 Å². The molecule has 0 spiro atoms. The summed E-state index contributed by atoms with van der Waals surface area (Å²) in [7, 11) is 0. The molecule has 5 nitrogen and oxygen atoms in total. The van der Waals surface area contributed by atoms with Crippen LogP contribution in [0.1, 0.15) is 36.8 Å². The van der Waals surface area contributed by atoms with E-state index in [-0.39, 0.29) is 17.4 Å². The van der Waals surface area contributed by atoms with Gasteiger partial charge in [-0.15, -0.1) is 0 Å². The van der Waals surface area contributed by atoms with Crippen LogP contribution < -0.4 is 15.4 Å². The van der Waals surface area contributed by atoms with Gasteiger partial charge in [0.25, 0.3) is 0 Å². The number of nitrogens with one attached hydrogen (secondary N) is 3. The maximum Gasteiger partial charge on any atom is 0.232 e. The van der Waals surface area contributed by atoms with E-state index in [9.17, 15) is 4.79 Å². The summed E-state index contributed by atoms with van der Waals surface area (Å²) >= 11 is 0. The Labute approximate surface area is 170 Å². The van der Waals surface area contributed by atoms with Crippen molar-refractivity contribution >= 4 is 22.5 Å². The minimum atomic E-state index is -0.325. The molecule has 2 heterocycles. The number of aryl methyl sites for hydroxylation is 1. The fourth-order valence-corrected chi connectivity index (χ4v) is 4.18. The number of aromatic amines is 1. The van der Waals surface area contributed by atoms with Crippen molar-refractivity contribution in [3.05, 3.63) is 59.8 Å². The molecule has 5 rings (SSSR count). The van der Waals surface area contributed by atoms with Gasteiger partial charge in [-0.1, -0.05) is 29.8 Å². The van der Waals surface area contributed by atoms with E-state index in [2.05, 4.69) is 46.8 Å². The molecule has 0 radical (unpaired) electrons. The number of ether oxygens (including phenoxy) is 1. The maximum atomic E-state index is 12.6. The zero-order chi connectivity index (χ0) is 20.0. The lowest BCUT2D eigenvalue weighted by Gasteiger charge is -2.37. The van der Waals surface area contributed by atoms with Gasteiger partial charge >= 0.3 is 0 Å². The van der Waals surface area contributed by atoms with Gasteiger partial charge < -0.3 is 20.4 Å². The highest BCUT2D eigenvalue weighted by molar-refractivity contribution is 6.04. The molecule has 2 fully saturated rings. The van der Waals surface area contributed by atoms with Crippen molar-refractivity contribution in [1.82, 2.24) is 10.3 Å². The Morgan fingerprint density at radius 1 is 1.14 bits per heavy atom. The molecule has 3 N–H and O–H groups in total. The predicted octanol–water partition coefficient (Wildman–Crippen LogP) is 4.35. The summed E-state index contributed by atoms with van der Waals surface area (Å²) in [6.07, 6.45) is 4.20. The van der Waals surface area contributed by atoms with Crippen LogP contribution in [-0.2, 0) is 4.79 Å². The fraction of sp³-hybridized carbons (Fsp3) is 0.375. The molecule has 5 heteroatoms. The van der Waals surface area contributed by atoms with Crippen molar-refractivity contribution in [2.75, 3.05) is 18.4 Å². The number of carbonyl (C=O) groups is 1. The van der Waals surface area contributed by atoms with Crippen LogP contribution in [0.5, 0.6) is 5.75 Å². The molecule has 0 atom stereocenters. The van der Waals surface area contributed by atoms with Crippen LogP contribution in [0.25, 0.3) is 10.9 Å². The molecule has 1 amide bonds. The molecule has 2 aromatic carbocycles. The van der Waals surface area contributed by atoms with Crippen LogP contribution in [0.15, 0.2) is 48.7 Å². The summed E-state index contributed by atoms with van der Waals surface area (Å²) < 4.78 is 6.23. The number of aromatic nitrogens is 1. The SMILES string of the molecule is Cc1ccc([C@H]2C[C@H](Oc3ccc4[nH]cc(NC(=O)C5(C)CNC5)c4c3)C2)cc1. The van der Waals surface area contributed by atoms with Gasteiger partial charge in [0.1, 0.15) is 5.75 Å². The first-order valence-electron chi connectivity index (χ1n) is 10.4. The molecule has 1 saturated carbocycles. The number of anilines is 1. The van der Waals surface area contributed by atoms with E-state index in [1.165, 1.54) is 11.1 Å². The lowest BCUT2D eigenvalue weighted by molar-refractivity contribution is -0.127. The number of hydrogen-bond donors (Lipinski definition) is 3. The average Bonchev–Trinajstić information content (AvgIpc) is 3.05. The van der Waals surface area contributed by atoms with Gasteiger partial charge in [-0.25, -0.2) is 0 Å². The molecule has 1 aromatic heterocycles. The largest absolute Gasteiger partial charge is 0.490 e. The smallest absolute Gasteiger partial charge is 0.232 e. The molecule has 0 bridgehead atoms.